The Morgan fingerprint density at radius 3 is 2.67 bits per heavy atom. The third kappa shape index (κ3) is 4.41. The van der Waals surface area contributed by atoms with Crippen LogP contribution in [0, 0.1) is 0 Å². The number of nitrogens with zero attached hydrogens (tertiary/aromatic N) is 7. The van der Waals surface area contributed by atoms with Crippen LogP contribution in [0.4, 0.5) is 11.4 Å². The van der Waals surface area contributed by atoms with Crippen molar-refractivity contribution < 1.29 is 4.79 Å². The number of aromatic amines is 2. The zero-order valence-electron chi connectivity index (χ0n) is 21.8. The number of aromatic nitrogens is 7. The van der Waals surface area contributed by atoms with Crippen LogP contribution in [0.25, 0.3) is 44.8 Å². The molecule has 1 aliphatic heterocycles. The number of hydrogen-bond acceptors (Lipinski definition) is 8. The van der Waals surface area contributed by atoms with Gasteiger partial charge in [0, 0.05) is 55.1 Å². The van der Waals surface area contributed by atoms with E-state index in [1.807, 2.05) is 42.6 Å². The molecule has 7 rings (SSSR count). The number of amides is 1. The summed E-state index contributed by atoms with van der Waals surface area (Å²) in [6.45, 7) is 3.92. The average molecular weight is 531 g/mol. The normalized spacial score (nSPS) is 14.2. The van der Waals surface area contributed by atoms with Crippen LogP contribution in [-0.2, 0) is 0 Å². The first kappa shape index (κ1) is 23.9. The fourth-order valence-corrected chi connectivity index (χ4v) is 5.02. The number of fused-ring (bicyclic) bond motifs is 2. The molecule has 1 amide bonds. The fraction of sp³-hybridized carbons (Fsp3) is 0.172. The van der Waals surface area contributed by atoms with Crippen molar-refractivity contribution in [2.75, 3.05) is 43.4 Å². The Morgan fingerprint density at radius 1 is 0.975 bits per heavy atom. The molecule has 40 heavy (non-hydrogen) atoms. The van der Waals surface area contributed by atoms with Crippen LogP contribution in [0.15, 0.2) is 73.3 Å². The summed E-state index contributed by atoms with van der Waals surface area (Å²) in [5.41, 5.74) is 6.75. The summed E-state index contributed by atoms with van der Waals surface area (Å²) in [5.74, 6) is 0.434. The van der Waals surface area contributed by atoms with E-state index in [1.165, 1.54) is 0 Å². The van der Waals surface area contributed by atoms with E-state index in [4.69, 9.17) is 4.98 Å². The summed E-state index contributed by atoms with van der Waals surface area (Å²) in [7, 11) is 2.15. The number of imidazole rings is 1. The van der Waals surface area contributed by atoms with E-state index in [2.05, 4.69) is 52.3 Å². The van der Waals surface area contributed by atoms with Crippen LogP contribution in [0.3, 0.4) is 0 Å². The quantitative estimate of drug-likeness (QED) is 0.305. The standard InChI is InChI=1S/C29H26N10O/c1-38-9-11-39(12-10-38)24-7-8-31-27-26(24)34-28(35-27)25-21-14-22(32-17-23(21)36-37-25)19-13-20(16-30-15-19)33-29(40)18-5-3-2-4-6-18/h2-8,13-17H,9-12H2,1H3,(H,33,40)(H,36,37)(H,31,34,35). The highest BCUT2D eigenvalue weighted by Gasteiger charge is 2.20. The van der Waals surface area contributed by atoms with Crippen molar-refractivity contribution in [3.63, 3.8) is 0 Å². The molecule has 0 bridgehead atoms. The molecule has 1 saturated heterocycles. The summed E-state index contributed by atoms with van der Waals surface area (Å²) in [6, 6.07) is 14.9. The summed E-state index contributed by atoms with van der Waals surface area (Å²) < 4.78 is 0. The van der Waals surface area contributed by atoms with Gasteiger partial charge in [0.05, 0.1) is 35.0 Å². The van der Waals surface area contributed by atoms with Crippen LogP contribution in [0.5, 0.6) is 0 Å². The smallest absolute Gasteiger partial charge is 0.255 e. The van der Waals surface area contributed by atoms with Crippen molar-refractivity contribution in [2.24, 2.45) is 0 Å². The molecule has 6 heterocycles. The minimum atomic E-state index is -0.200. The summed E-state index contributed by atoms with van der Waals surface area (Å²) in [6.07, 6.45) is 6.89. The second kappa shape index (κ2) is 9.86. The molecule has 0 saturated carbocycles. The largest absolute Gasteiger partial charge is 0.367 e. The first-order chi connectivity index (χ1) is 19.6. The first-order valence-electron chi connectivity index (χ1n) is 13.1. The number of H-pyrrole nitrogens is 2. The van der Waals surface area contributed by atoms with E-state index >= 15 is 0 Å². The molecular formula is C29H26N10O. The Bertz CT molecular complexity index is 1840. The molecular weight excluding hydrogens is 504 g/mol. The Morgan fingerprint density at radius 2 is 1.82 bits per heavy atom. The third-order valence-corrected chi connectivity index (χ3v) is 7.21. The average Bonchev–Trinajstić information content (AvgIpc) is 3.62. The Hall–Kier alpha value is -5.16. The minimum Gasteiger partial charge on any atom is -0.367 e. The molecule has 1 fully saturated rings. The number of hydrogen-bond donors (Lipinski definition) is 3. The number of pyridine rings is 3. The second-order valence-electron chi connectivity index (χ2n) is 9.87. The van der Waals surface area contributed by atoms with Gasteiger partial charge in [0.25, 0.3) is 5.91 Å². The van der Waals surface area contributed by atoms with E-state index in [0.717, 1.165) is 53.8 Å². The van der Waals surface area contributed by atoms with Gasteiger partial charge in [0.1, 0.15) is 11.2 Å². The number of benzene rings is 1. The summed E-state index contributed by atoms with van der Waals surface area (Å²) in [4.78, 5) is 39.0. The molecule has 3 N–H and O–H groups in total. The first-order valence-corrected chi connectivity index (χ1v) is 13.1. The molecule has 0 radical (unpaired) electrons. The zero-order valence-corrected chi connectivity index (χ0v) is 21.8. The van der Waals surface area contributed by atoms with Gasteiger partial charge in [0.15, 0.2) is 11.5 Å². The SMILES string of the molecule is CN1CCN(c2ccnc3nc(-c4n[nH]c5cnc(-c6cncc(NC(=O)c7ccccc7)c6)cc45)[nH]c23)CC1. The van der Waals surface area contributed by atoms with E-state index in [0.29, 0.717) is 34.1 Å². The lowest BCUT2D eigenvalue weighted by molar-refractivity contribution is 0.102. The summed E-state index contributed by atoms with van der Waals surface area (Å²) >= 11 is 0. The zero-order chi connectivity index (χ0) is 27.1. The van der Waals surface area contributed by atoms with Crippen molar-refractivity contribution in [3.05, 3.63) is 78.9 Å². The highest BCUT2D eigenvalue weighted by Crippen LogP contribution is 2.31. The molecule has 11 heteroatoms. The lowest BCUT2D eigenvalue weighted by atomic mass is 10.1. The minimum absolute atomic E-state index is 0.200. The Labute approximate surface area is 229 Å². The van der Waals surface area contributed by atoms with Crippen LogP contribution < -0.4 is 10.2 Å². The highest BCUT2D eigenvalue weighted by molar-refractivity contribution is 6.04. The molecule has 198 valence electrons. The van der Waals surface area contributed by atoms with Crippen molar-refractivity contribution in [2.45, 2.75) is 0 Å². The van der Waals surface area contributed by atoms with E-state index < -0.39 is 0 Å². The van der Waals surface area contributed by atoms with Crippen LogP contribution in [-0.4, -0.2) is 79.2 Å². The van der Waals surface area contributed by atoms with Gasteiger partial charge in [-0.25, -0.2) is 9.97 Å². The number of rotatable bonds is 5. The monoisotopic (exact) mass is 530 g/mol. The van der Waals surface area contributed by atoms with Crippen molar-refractivity contribution >= 4 is 39.3 Å². The predicted octanol–water partition coefficient (Wildman–Crippen LogP) is 3.96. The molecule has 1 aliphatic rings. The Kier molecular flexibility index (Phi) is 5.90. The van der Waals surface area contributed by atoms with Gasteiger partial charge in [0.2, 0.25) is 0 Å². The third-order valence-electron chi connectivity index (χ3n) is 7.21. The fourth-order valence-electron chi connectivity index (χ4n) is 5.02. The van der Waals surface area contributed by atoms with E-state index in [-0.39, 0.29) is 5.91 Å². The molecule has 0 aliphatic carbocycles. The number of piperazine rings is 1. The number of anilines is 2. The lowest BCUT2D eigenvalue weighted by Gasteiger charge is -2.34. The number of carbonyl (C=O) groups is 1. The van der Waals surface area contributed by atoms with Crippen molar-refractivity contribution in [1.29, 1.82) is 0 Å². The van der Waals surface area contributed by atoms with Crippen molar-refractivity contribution in [3.8, 4) is 22.8 Å². The second-order valence-corrected chi connectivity index (χ2v) is 9.87. The molecule has 6 aromatic rings. The highest BCUT2D eigenvalue weighted by atomic mass is 16.1. The molecule has 5 aromatic heterocycles. The van der Waals surface area contributed by atoms with Crippen LogP contribution in [0.1, 0.15) is 10.4 Å². The van der Waals surface area contributed by atoms with E-state index in [1.54, 1.807) is 30.7 Å². The van der Waals surface area contributed by atoms with Gasteiger partial charge >= 0.3 is 0 Å². The van der Waals surface area contributed by atoms with Gasteiger partial charge in [-0.1, -0.05) is 18.2 Å². The molecule has 1 aromatic carbocycles. The maximum Gasteiger partial charge on any atom is 0.255 e. The maximum absolute atomic E-state index is 12.6. The van der Waals surface area contributed by atoms with E-state index in [9.17, 15) is 4.79 Å². The van der Waals surface area contributed by atoms with Gasteiger partial charge < -0.3 is 20.1 Å². The van der Waals surface area contributed by atoms with Crippen LogP contribution in [0.2, 0.25) is 0 Å². The van der Waals surface area contributed by atoms with Gasteiger partial charge in [-0.05, 0) is 37.4 Å². The van der Waals surface area contributed by atoms with Gasteiger partial charge in [-0.3, -0.25) is 19.9 Å². The van der Waals surface area contributed by atoms with Crippen LogP contribution >= 0.6 is 0 Å². The number of nitrogens with one attached hydrogen (secondary N) is 3. The topological polar surface area (TPSA) is 132 Å². The number of carbonyl (C=O) groups excluding carboxylic acids is 1. The summed E-state index contributed by atoms with van der Waals surface area (Å²) in [5, 5.41) is 11.4. The maximum atomic E-state index is 12.6. The Balaban J connectivity index is 1.21. The van der Waals surface area contributed by atoms with Gasteiger partial charge in [-0.15, -0.1) is 0 Å². The van der Waals surface area contributed by atoms with Crippen molar-refractivity contribution in [1.82, 2.24) is 40.0 Å². The van der Waals surface area contributed by atoms with Gasteiger partial charge in [-0.2, -0.15) is 5.10 Å². The molecule has 0 atom stereocenters. The molecule has 0 unspecified atom stereocenters. The molecule has 11 nitrogen and oxygen atoms in total. The predicted molar refractivity (Wildman–Crippen MR) is 154 cm³/mol. The lowest BCUT2D eigenvalue weighted by Crippen LogP contribution is -2.44. The number of likely N-dealkylation sites (N-methyl/N-ethyl adjacent to an activating group) is 1. The molecule has 0 spiro atoms.